The predicted molar refractivity (Wildman–Crippen MR) is 132 cm³/mol. The molecule has 0 saturated carbocycles. The first-order chi connectivity index (χ1) is 16.4. The lowest BCUT2D eigenvalue weighted by atomic mass is 10.1. The monoisotopic (exact) mass is 476 g/mol. The Balaban J connectivity index is 1.40. The number of carbonyl (C=O) groups is 1. The van der Waals surface area contributed by atoms with Crippen LogP contribution in [0.2, 0.25) is 5.02 Å². The van der Waals surface area contributed by atoms with Gasteiger partial charge in [-0.25, -0.2) is 4.98 Å². The van der Waals surface area contributed by atoms with Crippen LogP contribution < -0.4 is 10.2 Å². The van der Waals surface area contributed by atoms with Crippen LogP contribution in [0, 0.1) is 17.0 Å². The van der Waals surface area contributed by atoms with Gasteiger partial charge in [-0.2, -0.15) is 0 Å². The second-order valence-corrected chi connectivity index (χ2v) is 8.70. The number of aromatic nitrogens is 1. The van der Waals surface area contributed by atoms with Gasteiger partial charge in [0, 0.05) is 30.4 Å². The van der Waals surface area contributed by atoms with Gasteiger partial charge in [0.05, 0.1) is 15.5 Å². The lowest BCUT2D eigenvalue weighted by Crippen LogP contribution is -2.19. The normalized spacial score (nSPS) is 13.4. The van der Waals surface area contributed by atoms with E-state index in [1.54, 1.807) is 30.3 Å². The first-order valence-electron chi connectivity index (χ1n) is 10.9. The molecule has 0 unspecified atom stereocenters. The summed E-state index contributed by atoms with van der Waals surface area (Å²) in [6, 6.07) is 15.3. The van der Waals surface area contributed by atoms with Crippen molar-refractivity contribution in [1.82, 2.24) is 4.98 Å². The number of carbonyl (C=O) groups excluding carboxylic acids is 1. The highest BCUT2D eigenvalue weighted by Gasteiger charge is 2.24. The van der Waals surface area contributed by atoms with Crippen LogP contribution in [0.5, 0.6) is 0 Å². The maximum absolute atomic E-state index is 12.9. The van der Waals surface area contributed by atoms with Crippen molar-refractivity contribution >= 4 is 45.7 Å². The van der Waals surface area contributed by atoms with Gasteiger partial charge in [0.2, 0.25) is 5.89 Å². The number of nitrogens with one attached hydrogen (secondary N) is 1. The molecule has 1 saturated heterocycles. The topological polar surface area (TPSA) is 102 Å². The van der Waals surface area contributed by atoms with E-state index in [2.05, 4.69) is 10.3 Å². The first-order valence-corrected chi connectivity index (χ1v) is 11.3. The molecule has 9 heteroatoms. The third kappa shape index (κ3) is 4.20. The van der Waals surface area contributed by atoms with Crippen molar-refractivity contribution < 1.29 is 14.1 Å². The third-order valence-corrected chi connectivity index (χ3v) is 6.19. The van der Waals surface area contributed by atoms with Crippen molar-refractivity contribution in [2.24, 2.45) is 0 Å². The molecule has 1 fully saturated rings. The number of anilines is 2. The minimum atomic E-state index is -0.444. The summed E-state index contributed by atoms with van der Waals surface area (Å²) in [6.07, 6.45) is 2.00. The molecule has 5 rings (SSSR count). The molecular formula is C25H21ClN4O4. The van der Waals surface area contributed by atoms with Gasteiger partial charge < -0.3 is 14.6 Å². The average molecular weight is 477 g/mol. The van der Waals surface area contributed by atoms with Crippen LogP contribution in [0.3, 0.4) is 0 Å². The summed E-state index contributed by atoms with van der Waals surface area (Å²) < 4.78 is 5.84. The summed E-state index contributed by atoms with van der Waals surface area (Å²) >= 11 is 6.34. The maximum Gasteiger partial charge on any atom is 0.293 e. The molecule has 0 spiro atoms. The van der Waals surface area contributed by atoms with Gasteiger partial charge in [-0.1, -0.05) is 17.7 Å². The van der Waals surface area contributed by atoms with Crippen LogP contribution in [-0.4, -0.2) is 28.9 Å². The zero-order valence-electron chi connectivity index (χ0n) is 18.4. The highest BCUT2D eigenvalue weighted by atomic mass is 35.5. The summed E-state index contributed by atoms with van der Waals surface area (Å²) in [5.41, 5.74) is 4.00. The average Bonchev–Trinajstić information content (AvgIpc) is 3.48. The molecule has 1 aliphatic rings. The van der Waals surface area contributed by atoms with Gasteiger partial charge in [0.25, 0.3) is 11.6 Å². The van der Waals surface area contributed by atoms with E-state index in [4.69, 9.17) is 16.0 Å². The van der Waals surface area contributed by atoms with E-state index in [1.807, 2.05) is 30.0 Å². The number of nitro benzene ring substituents is 1. The lowest BCUT2D eigenvalue weighted by molar-refractivity contribution is -0.384. The number of nitro groups is 1. The fourth-order valence-corrected chi connectivity index (χ4v) is 4.47. The van der Waals surface area contributed by atoms with Crippen molar-refractivity contribution in [2.75, 3.05) is 23.3 Å². The van der Waals surface area contributed by atoms with E-state index in [-0.39, 0.29) is 11.3 Å². The zero-order chi connectivity index (χ0) is 23.8. The van der Waals surface area contributed by atoms with E-state index >= 15 is 0 Å². The predicted octanol–water partition coefficient (Wildman–Crippen LogP) is 6.22. The number of amides is 1. The number of fused-ring (bicyclic) bond motifs is 1. The van der Waals surface area contributed by atoms with E-state index in [9.17, 15) is 14.9 Å². The van der Waals surface area contributed by atoms with Crippen LogP contribution in [0.25, 0.3) is 22.6 Å². The Kier molecular flexibility index (Phi) is 5.67. The highest BCUT2D eigenvalue weighted by Crippen LogP contribution is 2.33. The molecule has 1 aliphatic heterocycles. The van der Waals surface area contributed by atoms with E-state index in [0.717, 1.165) is 31.5 Å². The minimum absolute atomic E-state index is 0.0684. The molecule has 4 aromatic rings. The Morgan fingerprint density at radius 3 is 2.65 bits per heavy atom. The van der Waals surface area contributed by atoms with Crippen molar-refractivity contribution in [3.05, 3.63) is 80.9 Å². The lowest BCUT2D eigenvalue weighted by Gasteiger charge is -2.17. The van der Waals surface area contributed by atoms with Gasteiger partial charge in [0.15, 0.2) is 5.58 Å². The van der Waals surface area contributed by atoms with Crippen LogP contribution in [0.4, 0.5) is 17.1 Å². The molecule has 34 heavy (non-hydrogen) atoms. The quantitative estimate of drug-likeness (QED) is 0.271. The van der Waals surface area contributed by atoms with E-state index in [0.29, 0.717) is 39.0 Å². The molecule has 1 N–H and O–H groups in total. The Bertz CT molecular complexity index is 1430. The van der Waals surface area contributed by atoms with Crippen LogP contribution in [0.15, 0.2) is 59.0 Å². The Morgan fingerprint density at radius 2 is 1.91 bits per heavy atom. The molecule has 3 aromatic carbocycles. The highest BCUT2D eigenvalue weighted by molar-refractivity contribution is 6.33. The molecule has 0 bridgehead atoms. The van der Waals surface area contributed by atoms with Gasteiger partial charge in [-0.15, -0.1) is 0 Å². The summed E-state index contributed by atoms with van der Waals surface area (Å²) in [5.74, 6) is -0.0580. The van der Waals surface area contributed by atoms with Gasteiger partial charge in [-0.3, -0.25) is 14.9 Å². The number of hydrogen-bond donors (Lipinski definition) is 1. The number of nitrogens with zero attached hydrogens (tertiary/aromatic N) is 3. The van der Waals surface area contributed by atoms with E-state index < -0.39 is 10.8 Å². The largest absolute Gasteiger partial charge is 0.436 e. The van der Waals surface area contributed by atoms with E-state index in [1.165, 1.54) is 6.07 Å². The second kappa shape index (κ2) is 8.79. The van der Waals surface area contributed by atoms with Crippen LogP contribution >= 0.6 is 11.6 Å². The molecule has 172 valence electrons. The van der Waals surface area contributed by atoms with Gasteiger partial charge >= 0.3 is 0 Å². The number of halogens is 1. The number of rotatable bonds is 5. The Labute approximate surface area is 200 Å². The Morgan fingerprint density at radius 1 is 1.12 bits per heavy atom. The molecular weight excluding hydrogens is 456 g/mol. The molecule has 2 heterocycles. The van der Waals surface area contributed by atoms with Crippen molar-refractivity contribution in [3.63, 3.8) is 0 Å². The fourth-order valence-electron chi connectivity index (χ4n) is 4.15. The van der Waals surface area contributed by atoms with Crippen molar-refractivity contribution in [1.29, 1.82) is 0 Å². The van der Waals surface area contributed by atoms with Crippen molar-refractivity contribution in [3.8, 4) is 11.5 Å². The fraction of sp³-hybridized carbons (Fsp3) is 0.200. The molecule has 0 aliphatic carbocycles. The maximum atomic E-state index is 12.9. The van der Waals surface area contributed by atoms with Crippen molar-refractivity contribution in [2.45, 2.75) is 19.8 Å². The third-order valence-electron chi connectivity index (χ3n) is 5.88. The minimum Gasteiger partial charge on any atom is -0.436 e. The van der Waals surface area contributed by atoms with Crippen LogP contribution in [0.1, 0.15) is 28.8 Å². The molecule has 1 amide bonds. The first kappa shape index (κ1) is 21.9. The molecule has 0 radical (unpaired) electrons. The van der Waals surface area contributed by atoms with Gasteiger partial charge in [-0.05, 0) is 67.8 Å². The number of hydrogen-bond acceptors (Lipinski definition) is 6. The second-order valence-electron chi connectivity index (χ2n) is 8.29. The Hall–Kier alpha value is -3.91. The number of oxazole rings is 1. The summed E-state index contributed by atoms with van der Waals surface area (Å²) in [6.45, 7) is 3.50. The summed E-state index contributed by atoms with van der Waals surface area (Å²) in [5, 5.41) is 15.0. The molecule has 8 nitrogen and oxygen atoms in total. The number of aryl methyl sites for hydroxylation is 1. The molecule has 1 aromatic heterocycles. The standard InChI is InChI=1S/C25H21ClN4O4/c1-15-4-7-18(19(26)12-15)25-28-20-14-17(6-9-23(20)34-25)27-24(31)16-5-8-21(22(13-16)30(32)33)29-10-2-3-11-29/h4-9,12-14H,2-3,10-11H2,1H3,(H,27,31). The summed E-state index contributed by atoms with van der Waals surface area (Å²) in [7, 11) is 0. The number of benzene rings is 3. The molecule has 0 atom stereocenters. The van der Waals surface area contributed by atoms with Gasteiger partial charge in [0.1, 0.15) is 11.2 Å². The van der Waals surface area contributed by atoms with Crippen LogP contribution in [-0.2, 0) is 0 Å². The summed E-state index contributed by atoms with van der Waals surface area (Å²) in [4.78, 5) is 30.5. The smallest absolute Gasteiger partial charge is 0.293 e. The zero-order valence-corrected chi connectivity index (χ0v) is 19.1. The SMILES string of the molecule is Cc1ccc(-c2nc3cc(NC(=O)c4ccc(N5CCCC5)c([N+](=O)[O-])c4)ccc3o2)c(Cl)c1.